The molecular weight excluding hydrogens is 254 g/mol. The zero-order chi connectivity index (χ0) is 9.23. The molecule has 0 N–H and O–H groups in total. The predicted molar refractivity (Wildman–Crippen MR) is 60.2 cm³/mol. The molecule has 0 saturated heterocycles. The molecule has 0 aliphatic heterocycles. The summed E-state index contributed by atoms with van der Waals surface area (Å²) in [6, 6.07) is 0. The van der Waals surface area contributed by atoms with Crippen LogP contribution in [0.25, 0.3) is 0 Å². The van der Waals surface area contributed by atoms with Crippen LogP contribution in [0.1, 0.15) is 39.5 Å². The first kappa shape index (κ1) is 12.6. The van der Waals surface area contributed by atoms with E-state index in [1.54, 1.807) is 8.73 Å². The molecular formula is C11H23Sb. The minimum absolute atomic E-state index is 0.805. The van der Waals surface area contributed by atoms with Crippen LogP contribution in [0.15, 0.2) is 12.7 Å². The van der Waals surface area contributed by atoms with Crippen molar-refractivity contribution in [1.29, 1.82) is 0 Å². The van der Waals surface area contributed by atoms with Gasteiger partial charge < -0.3 is 0 Å². The Labute approximate surface area is 85.4 Å². The number of unbranched alkanes of at least 4 members (excludes halogenated alkanes) is 2. The van der Waals surface area contributed by atoms with Gasteiger partial charge in [-0.05, 0) is 0 Å². The summed E-state index contributed by atoms with van der Waals surface area (Å²) in [4.78, 5) is 0. The Hall–Kier alpha value is 0.558. The van der Waals surface area contributed by atoms with Crippen LogP contribution >= 0.6 is 0 Å². The van der Waals surface area contributed by atoms with Gasteiger partial charge in [-0.25, -0.2) is 0 Å². The van der Waals surface area contributed by atoms with Crippen LogP contribution in [0.3, 0.4) is 0 Å². The second-order valence-corrected chi connectivity index (χ2v) is 10.7. The van der Waals surface area contributed by atoms with Crippen LogP contribution in [-0.2, 0) is 0 Å². The summed E-state index contributed by atoms with van der Waals surface area (Å²) in [5.74, 6) is 0. The van der Waals surface area contributed by atoms with E-state index in [9.17, 15) is 0 Å². The summed E-state index contributed by atoms with van der Waals surface area (Å²) in [7, 11) is 0. The standard InChI is InChI=1S/2C4H9.C3H5.Sb/c2*1-3-4-2;1-3-2;/h2*1,3-4H2,2H3;3H,1-2H2;. The van der Waals surface area contributed by atoms with Crippen LogP contribution in [0.5, 0.6) is 0 Å². The number of hydrogen-bond acceptors (Lipinski definition) is 0. The topological polar surface area (TPSA) is 0 Å². The van der Waals surface area contributed by atoms with Gasteiger partial charge in [-0.15, -0.1) is 0 Å². The molecule has 0 amide bonds. The third-order valence-corrected chi connectivity index (χ3v) is 9.67. The summed E-state index contributed by atoms with van der Waals surface area (Å²) < 4.78 is 4.58. The van der Waals surface area contributed by atoms with Crippen molar-refractivity contribution in [3.8, 4) is 0 Å². The predicted octanol–water partition coefficient (Wildman–Crippen LogP) is 4.27. The van der Waals surface area contributed by atoms with Crippen molar-refractivity contribution >= 4 is 20.2 Å². The van der Waals surface area contributed by atoms with E-state index in [1.165, 1.54) is 30.1 Å². The maximum absolute atomic E-state index is 3.86. The van der Waals surface area contributed by atoms with E-state index in [4.69, 9.17) is 0 Å². The van der Waals surface area contributed by atoms with Crippen LogP contribution in [0.2, 0.25) is 13.1 Å². The molecule has 0 aliphatic rings. The Morgan fingerprint density at radius 1 is 1.08 bits per heavy atom. The van der Waals surface area contributed by atoms with Crippen LogP contribution in [-0.4, -0.2) is 20.2 Å². The van der Waals surface area contributed by atoms with Crippen molar-refractivity contribution in [2.75, 3.05) is 0 Å². The fraction of sp³-hybridized carbons (Fsp3) is 0.818. The quantitative estimate of drug-likeness (QED) is 0.459. The first-order chi connectivity index (χ1) is 5.85. The van der Waals surface area contributed by atoms with Crippen molar-refractivity contribution in [1.82, 2.24) is 0 Å². The molecule has 0 nitrogen and oxygen atoms in total. The van der Waals surface area contributed by atoms with Gasteiger partial charge in [-0.1, -0.05) is 0 Å². The number of allylic oxidation sites excluding steroid dienone is 1. The van der Waals surface area contributed by atoms with Gasteiger partial charge in [0, 0.05) is 0 Å². The van der Waals surface area contributed by atoms with Gasteiger partial charge in [0.1, 0.15) is 0 Å². The molecule has 0 atom stereocenters. The molecule has 0 aromatic rings. The monoisotopic (exact) mass is 276 g/mol. The second-order valence-electron chi connectivity index (χ2n) is 3.30. The van der Waals surface area contributed by atoms with Crippen molar-refractivity contribution < 1.29 is 0 Å². The third-order valence-electron chi connectivity index (χ3n) is 2.04. The third kappa shape index (κ3) is 7.22. The summed E-state index contributed by atoms with van der Waals surface area (Å²) >= 11 is -0.805. The van der Waals surface area contributed by atoms with E-state index < -0.39 is 20.2 Å². The maximum atomic E-state index is 3.86. The zero-order valence-electron chi connectivity index (χ0n) is 8.68. The molecule has 0 saturated carbocycles. The average Bonchev–Trinajstić information content (AvgIpc) is 2.10. The van der Waals surface area contributed by atoms with Crippen molar-refractivity contribution in [2.45, 2.75) is 52.6 Å². The Kier molecular flexibility index (Phi) is 10.1. The Balaban J connectivity index is 3.46. The average molecular weight is 277 g/mol. The summed E-state index contributed by atoms with van der Waals surface area (Å²) in [6.45, 7) is 8.46. The molecule has 0 fully saturated rings. The molecule has 0 aromatic carbocycles. The van der Waals surface area contributed by atoms with Crippen LogP contribution in [0.4, 0.5) is 0 Å². The van der Waals surface area contributed by atoms with E-state index in [0.717, 1.165) is 0 Å². The first-order valence-electron chi connectivity index (χ1n) is 5.18. The molecule has 1 heteroatoms. The molecule has 0 heterocycles. The van der Waals surface area contributed by atoms with Crippen LogP contribution in [0, 0.1) is 0 Å². The summed E-state index contributed by atoms with van der Waals surface area (Å²) in [5.41, 5.74) is 0. The molecule has 0 unspecified atom stereocenters. The second kappa shape index (κ2) is 9.64. The van der Waals surface area contributed by atoms with Crippen molar-refractivity contribution in [3.63, 3.8) is 0 Å². The van der Waals surface area contributed by atoms with Gasteiger partial charge in [-0.2, -0.15) is 0 Å². The van der Waals surface area contributed by atoms with Gasteiger partial charge in [0.05, 0.1) is 0 Å². The fourth-order valence-corrected chi connectivity index (χ4v) is 8.32. The molecule has 0 aromatic heterocycles. The van der Waals surface area contributed by atoms with Crippen molar-refractivity contribution in [3.05, 3.63) is 12.7 Å². The van der Waals surface area contributed by atoms with E-state index in [2.05, 4.69) is 26.5 Å². The molecule has 12 heavy (non-hydrogen) atoms. The zero-order valence-corrected chi connectivity index (χ0v) is 11.2. The fourth-order valence-electron chi connectivity index (χ4n) is 1.24. The Morgan fingerprint density at radius 3 is 1.92 bits per heavy atom. The molecule has 0 aliphatic carbocycles. The molecule has 72 valence electrons. The summed E-state index contributed by atoms with van der Waals surface area (Å²) in [6.07, 6.45) is 7.86. The van der Waals surface area contributed by atoms with Gasteiger partial charge in [0.25, 0.3) is 0 Å². The molecule has 0 rings (SSSR count). The van der Waals surface area contributed by atoms with E-state index >= 15 is 0 Å². The van der Waals surface area contributed by atoms with E-state index in [0.29, 0.717) is 0 Å². The van der Waals surface area contributed by atoms with Crippen molar-refractivity contribution in [2.24, 2.45) is 0 Å². The molecule has 0 radical (unpaired) electrons. The minimum atomic E-state index is -0.805. The van der Waals surface area contributed by atoms with Crippen LogP contribution < -0.4 is 0 Å². The van der Waals surface area contributed by atoms with E-state index in [-0.39, 0.29) is 0 Å². The number of hydrogen-bond donors (Lipinski definition) is 0. The molecule has 0 spiro atoms. The Morgan fingerprint density at radius 2 is 1.58 bits per heavy atom. The number of rotatable bonds is 8. The van der Waals surface area contributed by atoms with E-state index in [1.807, 2.05) is 0 Å². The van der Waals surface area contributed by atoms with Gasteiger partial charge in [-0.3, -0.25) is 0 Å². The first-order valence-corrected chi connectivity index (χ1v) is 10.6. The molecule has 0 bridgehead atoms. The normalized spacial score (nSPS) is 10.6. The summed E-state index contributed by atoms with van der Waals surface area (Å²) in [5, 5.41) is 0. The van der Waals surface area contributed by atoms with Gasteiger partial charge in [0.15, 0.2) is 0 Å². The Bertz CT molecular complexity index is 91.2. The van der Waals surface area contributed by atoms with Gasteiger partial charge >= 0.3 is 85.5 Å². The SMILES string of the molecule is C=C[CH2][Sb]([CH2]CCC)[CH2]CCC. The van der Waals surface area contributed by atoms with Gasteiger partial charge in [0.2, 0.25) is 0 Å².